The van der Waals surface area contributed by atoms with Gasteiger partial charge in [-0.3, -0.25) is 14.3 Å². The molecule has 0 unspecified atom stereocenters. The lowest BCUT2D eigenvalue weighted by Crippen LogP contribution is -2.48. The molecule has 9 heteroatoms. The van der Waals surface area contributed by atoms with Gasteiger partial charge in [0.05, 0.1) is 11.4 Å². The molecule has 2 aromatic rings. The molecule has 1 aliphatic heterocycles. The summed E-state index contributed by atoms with van der Waals surface area (Å²) in [6.45, 7) is 12.9. The van der Waals surface area contributed by atoms with Gasteiger partial charge in [0.2, 0.25) is 10.0 Å². The summed E-state index contributed by atoms with van der Waals surface area (Å²) in [6.07, 6.45) is 5.83. The molecule has 2 aromatic heterocycles. The van der Waals surface area contributed by atoms with E-state index in [2.05, 4.69) is 35.1 Å². The van der Waals surface area contributed by atoms with Crippen LogP contribution in [0.3, 0.4) is 0 Å². The largest absolute Gasteiger partial charge is 0.296 e. The third kappa shape index (κ3) is 4.47. The minimum atomic E-state index is -3.49. The number of unbranched alkanes of at least 4 members (excludes halogenated alkanes) is 1. The van der Waals surface area contributed by atoms with Crippen LogP contribution in [-0.2, 0) is 29.7 Å². The van der Waals surface area contributed by atoms with E-state index in [0.29, 0.717) is 23.7 Å². The molecule has 8 nitrogen and oxygen atoms in total. The monoisotopic (exact) mass is 408 g/mol. The van der Waals surface area contributed by atoms with Crippen LogP contribution < -0.4 is 0 Å². The highest BCUT2D eigenvalue weighted by Gasteiger charge is 2.31. The maximum atomic E-state index is 13.1. The molecule has 0 radical (unpaired) electrons. The van der Waals surface area contributed by atoms with E-state index in [0.717, 1.165) is 51.3 Å². The summed E-state index contributed by atoms with van der Waals surface area (Å²) < 4.78 is 31.5. The highest BCUT2D eigenvalue weighted by atomic mass is 32.2. The summed E-state index contributed by atoms with van der Waals surface area (Å²) in [4.78, 5) is 2.64. The number of aromatic nitrogens is 4. The van der Waals surface area contributed by atoms with Crippen molar-refractivity contribution in [1.82, 2.24) is 28.8 Å². The third-order valence-electron chi connectivity index (χ3n) is 5.36. The summed E-state index contributed by atoms with van der Waals surface area (Å²) in [5, 5.41) is 8.89. The fourth-order valence-corrected chi connectivity index (χ4v) is 5.16. The van der Waals surface area contributed by atoms with Crippen LogP contribution in [0.4, 0.5) is 0 Å². The second-order valence-corrected chi connectivity index (χ2v) is 9.38. The molecule has 156 valence electrons. The van der Waals surface area contributed by atoms with E-state index in [-0.39, 0.29) is 0 Å². The molecule has 0 N–H and O–H groups in total. The molecule has 0 amide bonds. The summed E-state index contributed by atoms with van der Waals surface area (Å²) in [6, 6.07) is 0. The predicted molar refractivity (Wildman–Crippen MR) is 109 cm³/mol. The Balaban J connectivity index is 1.63. The maximum Gasteiger partial charge on any atom is 0.246 e. The SMILES string of the molecule is CCCCn1cc(S(=O)(=O)N2CCN(Cc3cn(CC)nc3C)CC2)c(C)n1. The van der Waals surface area contributed by atoms with Gasteiger partial charge in [0.25, 0.3) is 0 Å². The smallest absolute Gasteiger partial charge is 0.246 e. The van der Waals surface area contributed by atoms with Crippen LogP contribution in [0.15, 0.2) is 17.3 Å². The lowest BCUT2D eigenvalue weighted by molar-refractivity contribution is 0.181. The first-order chi connectivity index (χ1) is 13.3. The van der Waals surface area contributed by atoms with Gasteiger partial charge in [-0.25, -0.2) is 8.42 Å². The minimum Gasteiger partial charge on any atom is -0.296 e. The van der Waals surface area contributed by atoms with Crippen molar-refractivity contribution in [2.75, 3.05) is 26.2 Å². The highest BCUT2D eigenvalue weighted by molar-refractivity contribution is 7.89. The maximum absolute atomic E-state index is 13.1. The van der Waals surface area contributed by atoms with Crippen LogP contribution in [0.1, 0.15) is 43.6 Å². The molecule has 0 atom stereocenters. The molecule has 1 saturated heterocycles. The Kier molecular flexibility index (Phi) is 6.57. The van der Waals surface area contributed by atoms with E-state index in [1.165, 1.54) is 5.56 Å². The van der Waals surface area contributed by atoms with E-state index in [1.54, 1.807) is 22.1 Å². The van der Waals surface area contributed by atoms with Crippen LogP contribution in [0.25, 0.3) is 0 Å². The number of nitrogens with zero attached hydrogens (tertiary/aromatic N) is 6. The average molecular weight is 409 g/mol. The van der Waals surface area contributed by atoms with Crippen molar-refractivity contribution < 1.29 is 8.42 Å². The van der Waals surface area contributed by atoms with Gasteiger partial charge in [-0.05, 0) is 27.2 Å². The summed E-state index contributed by atoms with van der Waals surface area (Å²) in [7, 11) is -3.49. The standard InChI is InChI=1S/C19H32N6O2S/c1-5-7-8-24-15-19(17(4)21-24)28(26,27)25-11-9-22(10-12-25)13-18-14-23(6-2)20-16(18)3/h14-15H,5-13H2,1-4H3. The first kappa shape index (κ1) is 21.0. The summed E-state index contributed by atoms with van der Waals surface area (Å²) >= 11 is 0. The zero-order valence-electron chi connectivity index (χ0n) is 17.4. The molecule has 1 aliphatic rings. The number of aryl methyl sites for hydroxylation is 4. The second-order valence-electron chi connectivity index (χ2n) is 7.47. The molecule has 0 aromatic carbocycles. The number of rotatable bonds is 8. The molecule has 28 heavy (non-hydrogen) atoms. The van der Waals surface area contributed by atoms with Crippen LogP contribution in [0.5, 0.6) is 0 Å². The molecule has 3 rings (SSSR count). The van der Waals surface area contributed by atoms with E-state index >= 15 is 0 Å². The third-order valence-corrected chi connectivity index (χ3v) is 7.36. The van der Waals surface area contributed by atoms with Crippen molar-refractivity contribution in [3.63, 3.8) is 0 Å². The van der Waals surface area contributed by atoms with Crippen molar-refractivity contribution in [3.05, 3.63) is 29.3 Å². The zero-order chi connectivity index (χ0) is 20.3. The van der Waals surface area contributed by atoms with Crippen molar-refractivity contribution in [2.45, 2.75) is 65.1 Å². The Morgan fingerprint density at radius 3 is 2.25 bits per heavy atom. The Bertz CT molecular complexity index is 894. The quantitative estimate of drug-likeness (QED) is 0.668. The summed E-state index contributed by atoms with van der Waals surface area (Å²) in [5.74, 6) is 0. The van der Waals surface area contributed by atoms with Crippen LogP contribution in [0, 0.1) is 13.8 Å². The Morgan fingerprint density at radius 2 is 1.64 bits per heavy atom. The van der Waals surface area contributed by atoms with Gasteiger partial charge in [-0.15, -0.1) is 0 Å². The van der Waals surface area contributed by atoms with Gasteiger partial charge in [0.1, 0.15) is 4.90 Å². The Hall–Kier alpha value is -1.71. The van der Waals surface area contributed by atoms with Gasteiger partial charge in [0.15, 0.2) is 0 Å². The van der Waals surface area contributed by atoms with Crippen molar-refractivity contribution >= 4 is 10.0 Å². The van der Waals surface area contributed by atoms with Gasteiger partial charge < -0.3 is 0 Å². The number of sulfonamides is 1. The van der Waals surface area contributed by atoms with Gasteiger partial charge >= 0.3 is 0 Å². The molecule has 0 saturated carbocycles. The minimum absolute atomic E-state index is 0.345. The van der Waals surface area contributed by atoms with Gasteiger partial charge in [-0.1, -0.05) is 13.3 Å². The number of hydrogen-bond acceptors (Lipinski definition) is 5. The van der Waals surface area contributed by atoms with Crippen molar-refractivity contribution in [2.24, 2.45) is 0 Å². The number of hydrogen-bond donors (Lipinski definition) is 0. The molecular weight excluding hydrogens is 376 g/mol. The van der Waals surface area contributed by atoms with Crippen molar-refractivity contribution in [3.8, 4) is 0 Å². The fraction of sp³-hybridized carbons (Fsp3) is 0.684. The van der Waals surface area contributed by atoms with Crippen LogP contribution in [-0.4, -0.2) is 63.4 Å². The molecule has 0 aliphatic carbocycles. The van der Waals surface area contributed by atoms with E-state index in [1.807, 2.05) is 11.6 Å². The highest BCUT2D eigenvalue weighted by Crippen LogP contribution is 2.21. The molecule has 1 fully saturated rings. The number of piperazine rings is 1. The van der Waals surface area contributed by atoms with Gasteiger partial charge in [0, 0.05) is 63.8 Å². The van der Waals surface area contributed by atoms with Crippen LogP contribution in [0.2, 0.25) is 0 Å². The fourth-order valence-electron chi connectivity index (χ4n) is 3.57. The van der Waals surface area contributed by atoms with E-state index in [9.17, 15) is 8.42 Å². The Morgan fingerprint density at radius 1 is 0.964 bits per heavy atom. The lowest BCUT2D eigenvalue weighted by atomic mass is 10.2. The molecular formula is C19H32N6O2S. The summed E-state index contributed by atoms with van der Waals surface area (Å²) in [5.41, 5.74) is 2.85. The van der Waals surface area contributed by atoms with Crippen molar-refractivity contribution in [1.29, 1.82) is 0 Å². The van der Waals surface area contributed by atoms with Gasteiger partial charge in [-0.2, -0.15) is 14.5 Å². The first-order valence-corrected chi connectivity index (χ1v) is 11.6. The Labute approximate surface area is 168 Å². The predicted octanol–water partition coefficient (Wildman–Crippen LogP) is 2.02. The molecule has 0 spiro atoms. The van der Waals surface area contributed by atoms with E-state index < -0.39 is 10.0 Å². The lowest BCUT2D eigenvalue weighted by Gasteiger charge is -2.33. The topological polar surface area (TPSA) is 76.3 Å². The normalized spacial score (nSPS) is 16.7. The molecule has 3 heterocycles. The first-order valence-electron chi connectivity index (χ1n) is 10.1. The van der Waals surface area contributed by atoms with E-state index in [4.69, 9.17) is 0 Å². The zero-order valence-corrected chi connectivity index (χ0v) is 18.2. The molecule has 0 bridgehead atoms. The van der Waals surface area contributed by atoms with Crippen LogP contribution >= 0.6 is 0 Å². The average Bonchev–Trinajstić information content (AvgIpc) is 3.23. The second kappa shape index (κ2) is 8.75.